The summed E-state index contributed by atoms with van der Waals surface area (Å²) in [4.78, 5) is 23.8. The second-order valence-electron chi connectivity index (χ2n) is 8.18. The van der Waals surface area contributed by atoms with E-state index in [-0.39, 0.29) is 29.8 Å². The van der Waals surface area contributed by atoms with Crippen LogP contribution in [0.2, 0.25) is 0 Å². The molecule has 29 heavy (non-hydrogen) atoms. The van der Waals surface area contributed by atoms with Gasteiger partial charge in [0, 0.05) is 17.5 Å². The summed E-state index contributed by atoms with van der Waals surface area (Å²) in [6.07, 6.45) is 0.686. The maximum Gasteiger partial charge on any atom is 0.336 e. The van der Waals surface area contributed by atoms with Gasteiger partial charge in [-0.05, 0) is 47.7 Å². The Hall–Kier alpha value is -3.15. The van der Waals surface area contributed by atoms with Gasteiger partial charge in [0.25, 0.3) is 5.91 Å². The van der Waals surface area contributed by atoms with Crippen LogP contribution in [-0.4, -0.2) is 12.5 Å². The van der Waals surface area contributed by atoms with Gasteiger partial charge in [-0.2, -0.15) is 0 Å². The van der Waals surface area contributed by atoms with E-state index in [1.807, 2.05) is 0 Å². The molecule has 0 aliphatic rings. The van der Waals surface area contributed by atoms with Crippen LogP contribution >= 0.6 is 0 Å². The number of rotatable bonds is 6. The van der Waals surface area contributed by atoms with Crippen LogP contribution in [0.15, 0.2) is 63.8 Å². The van der Waals surface area contributed by atoms with E-state index >= 15 is 0 Å². The molecule has 6 heteroatoms. The lowest BCUT2D eigenvalue weighted by Gasteiger charge is -2.27. The highest BCUT2D eigenvalue weighted by atomic mass is 19.1. The Morgan fingerprint density at radius 1 is 1.10 bits per heavy atom. The van der Waals surface area contributed by atoms with Gasteiger partial charge in [0.2, 0.25) is 0 Å². The molecule has 2 aromatic carbocycles. The van der Waals surface area contributed by atoms with E-state index in [0.29, 0.717) is 17.8 Å². The number of amides is 1. The molecule has 1 amide bonds. The Morgan fingerprint density at radius 2 is 1.79 bits per heavy atom. The molecule has 0 fully saturated rings. The summed E-state index contributed by atoms with van der Waals surface area (Å²) in [6.45, 7) is 6.05. The summed E-state index contributed by atoms with van der Waals surface area (Å²) in [5, 5.41) is 3.73. The zero-order chi connectivity index (χ0) is 21.0. The van der Waals surface area contributed by atoms with Gasteiger partial charge < -0.3 is 14.5 Å². The van der Waals surface area contributed by atoms with Crippen LogP contribution in [0.25, 0.3) is 11.0 Å². The Labute approximate surface area is 168 Å². The van der Waals surface area contributed by atoms with Crippen molar-refractivity contribution in [3.05, 3.63) is 76.4 Å². The fraction of sp³-hybridized carbons (Fsp3) is 0.304. The first-order chi connectivity index (χ1) is 13.7. The third-order valence-corrected chi connectivity index (χ3v) is 4.39. The summed E-state index contributed by atoms with van der Waals surface area (Å²) in [5.74, 6) is -0.185. The second kappa shape index (κ2) is 8.47. The number of hydrogen-bond donors (Lipinski definition) is 1. The average molecular weight is 397 g/mol. The van der Waals surface area contributed by atoms with Gasteiger partial charge in [-0.3, -0.25) is 4.79 Å². The summed E-state index contributed by atoms with van der Waals surface area (Å²) in [5.41, 5.74) is 0.745. The molecular formula is C23H24FNO4. The number of fused-ring (bicyclic) bond motifs is 1. The lowest BCUT2D eigenvalue weighted by molar-refractivity contribution is -0.124. The van der Waals surface area contributed by atoms with Crippen molar-refractivity contribution in [1.29, 1.82) is 0 Å². The van der Waals surface area contributed by atoms with Gasteiger partial charge in [0.15, 0.2) is 6.61 Å². The first kappa shape index (κ1) is 20.6. The molecule has 0 radical (unpaired) electrons. The van der Waals surface area contributed by atoms with Crippen molar-refractivity contribution < 1.29 is 18.3 Å². The SMILES string of the molecule is CC(C)(C)CC(NC(=O)COc1ccc2ccc(=O)oc2c1)c1ccc(F)cc1. The Bertz CT molecular complexity index is 1050. The topological polar surface area (TPSA) is 68.5 Å². The van der Waals surface area contributed by atoms with E-state index in [4.69, 9.17) is 9.15 Å². The van der Waals surface area contributed by atoms with Crippen molar-refractivity contribution in [1.82, 2.24) is 5.32 Å². The number of nitrogens with one attached hydrogen (secondary N) is 1. The Kier molecular flexibility index (Phi) is 6.01. The largest absolute Gasteiger partial charge is 0.484 e. The molecule has 1 atom stereocenters. The maximum absolute atomic E-state index is 13.3. The lowest BCUT2D eigenvalue weighted by atomic mass is 9.85. The van der Waals surface area contributed by atoms with Crippen molar-refractivity contribution in [2.24, 2.45) is 5.41 Å². The molecule has 0 aliphatic carbocycles. The molecule has 0 spiro atoms. The zero-order valence-corrected chi connectivity index (χ0v) is 16.7. The maximum atomic E-state index is 13.3. The monoisotopic (exact) mass is 397 g/mol. The smallest absolute Gasteiger partial charge is 0.336 e. The molecule has 152 valence electrons. The molecule has 3 rings (SSSR count). The number of carbonyl (C=O) groups excluding carboxylic acids is 1. The summed E-state index contributed by atoms with van der Waals surface area (Å²) in [7, 11) is 0. The van der Waals surface area contributed by atoms with Crippen molar-refractivity contribution in [3.8, 4) is 5.75 Å². The van der Waals surface area contributed by atoms with Gasteiger partial charge >= 0.3 is 5.63 Å². The molecular weight excluding hydrogens is 373 g/mol. The highest BCUT2D eigenvalue weighted by molar-refractivity contribution is 5.79. The molecule has 1 N–H and O–H groups in total. The van der Waals surface area contributed by atoms with Gasteiger partial charge in [0.1, 0.15) is 17.1 Å². The minimum absolute atomic E-state index is 0.0386. The summed E-state index contributed by atoms with van der Waals surface area (Å²) < 4.78 is 24.0. The first-order valence-corrected chi connectivity index (χ1v) is 9.41. The molecule has 1 heterocycles. The summed E-state index contributed by atoms with van der Waals surface area (Å²) in [6, 6.07) is 13.9. The van der Waals surface area contributed by atoms with Crippen LogP contribution in [0, 0.1) is 11.2 Å². The Morgan fingerprint density at radius 3 is 2.48 bits per heavy atom. The van der Waals surface area contributed by atoms with E-state index in [1.165, 1.54) is 18.2 Å². The molecule has 0 bridgehead atoms. The standard InChI is InChI=1S/C23H24FNO4/c1-23(2,3)13-19(15-4-8-17(24)9-5-15)25-21(26)14-28-18-10-6-16-7-11-22(27)29-20(16)12-18/h4-12,19H,13-14H2,1-3H3,(H,25,26). The highest BCUT2D eigenvalue weighted by Gasteiger charge is 2.22. The third-order valence-electron chi connectivity index (χ3n) is 4.39. The van der Waals surface area contributed by atoms with E-state index in [0.717, 1.165) is 10.9 Å². The average Bonchev–Trinajstić information content (AvgIpc) is 2.65. The minimum atomic E-state index is -0.447. The normalized spacial score (nSPS) is 12.6. The van der Waals surface area contributed by atoms with Gasteiger partial charge in [-0.15, -0.1) is 0 Å². The van der Waals surface area contributed by atoms with E-state index in [9.17, 15) is 14.0 Å². The van der Waals surface area contributed by atoms with Crippen molar-refractivity contribution >= 4 is 16.9 Å². The van der Waals surface area contributed by atoms with E-state index < -0.39 is 5.63 Å². The van der Waals surface area contributed by atoms with Crippen LogP contribution in [0.5, 0.6) is 5.75 Å². The molecule has 1 unspecified atom stereocenters. The molecule has 0 saturated heterocycles. The van der Waals surface area contributed by atoms with Gasteiger partial charge in [0.05, 0.1) is 6.04 Å². The number of carbonyl (C=O) groups is 1. The summed E-state index contributed by atoms with van der Waals surface area (Å²) >= 11 is 0. The van der Waals surface area contributed by atoms with Crippen LogP contribution < -0.4 is 15.7 Å². The first-order valence-electron chi connectivity index (χ1n) is 9.41. The number of hydrogen-bond acceptors (Lipinski definition) is 4. The molecule has 0 aliphatic heterocycles. The molecule has 0 saturated carbocycles. The Balaban J connectivity index is 1.68. The van der Waals surface area contributed by atoms with Crippen LogP contribution in [0.4, 0.5) is 4.39 Å². The quantitative estimate of drug-likeness (QED) is 0.617. The molecule has 5 nitrogen and oxygen atoms in total. The second-order valence-corrected chi connectivity index (χ2v) is 8.18. The van der Waals surface area contributed by atoms with Crippen molar-refractivity contribution in [2.45, 2.75) is 33.2 Å². The molecule has 3 aromatic rings. The minimum Gasteiger partial charge on any atom is -0.484 e. The van der Waals surface area contributed by atoms with Crippen LogP contribution in [-0.2, 0) is 4.79 Å². The van der Waals surface area contributed by atoms with Crippen LogP contribution in [0.3, 0.4) is 0 Å². The highest BCUT2D eigenvalue weighted by Crippen LogP contribution is 2.29. The zero-order valence-electron chi connectivity index (χ0n) is 16.7. The lowest BCUT2D eigenvalue weighted by Crippen LogP contribution is -2.34. The van der Waals surface area contributed by atoms with E-state index in [2.05, 4.69) is 26.1 Å². The molecule has 1 aromatic heterocycles. The number of benzene rings is 2. The van der Waals surface area contributed by atoms with E-state index in [1.54, 1.807) is 36.4 Å². The van der Waals surface area contributed by atoms with Crippen molar-refractivity contribution in [2.75, 3.05) is 6.61 Å². The van der Waals surface area contributed by atoms with Crippen molar-refractivity contribution in [3.63, 3.8) is 0 Å². The predicted molar refractivity (Wildman–Crippen MR) is 109 cm³/mol. The number of ether oxygens (including phenoxy) is 1. The predicted octanol–water partition coefficient (Wildman–Crippen LogP) is 4.60. The van der Waals surface area contributed by atoms with Crippen LogP contribution in [0.1, 0.15) is 38.8 Å². The third kappa shape index (κ3) is 5.91. The fourth-order valence-electron chi connectivity index (χ4n) is 3.08. The van der Waals surface area contributed by atoms with Gasteiger partial charge in [-0.1, -0.05) is 32.9 Å². The number of halogens is 1. The van der Waals surface area contributed by atoms with Gasteiger partial charge in [-0.25, -0.2) is 9.18 Å². The fourth-order valence-corrected chi connectivity index (χ4v) is 3.08.